The molecule has 1 aromatic heterocycles. The van der Waals surface area contributed by atoms with Crippen molar-refractivity contribution >= 4 is 0 Å². The Labute approximate surface area is 140 Å². The van der Waals surface area contributed by atoms with Gasteiger partial charge in [-0.1, -0.05) is 36.4 Å². The topological polar surface area (TPSA) is 16.1 Å². The summed E-state index contributed by atoms with van der Waals surface area (Å²) in [6.45, 7) is 1.55. The van der Waals surface area contributed by atoms with Crippen molar-refractivity contribution in [3.63, 3.8) is 0 Å². The van der Waals surface area contributed by atoms with Crippen molar-refractivity contribution in [3.8, 4) is 11.1 Å². The summed E-state index contributed by atoms with van der Waals surface area (Å²) in [5, 5.41) is 0. The fourth-order valence-corrected chi connectivity index (χ4v) is 2.67. The molecule has 1 heterocycles. The van der Waals surface area contributed by atoms with E-state index in [1.165, 1.54) is 11.6 Å². The number of nitrogens with zero attached hydrogens (tertiary/aromatic N) is 2. The first-order valence-electron chi connectivity index (χ1n) is 7.73. The third kappa shape index (κ3) is 4.03. The molecule has 0 aliphatic heterocycles. The molecule has 0 amide bonds. The molecule has 0 bridgehead atoms. The van der Waals surface area contributed by atoms with Gasteiger partial charge in [-0.2, -0.15) is 0 Å². The van der Waals surface area contributed by atoms with E-state index in [1.807, 2.05) is 31.3 Å². The molecule has 0 spiro atoms. The van der Waals surface area contributed by atoms with Crippen molar-refractivity contribution < 1.29 is 8.78 Å². The maximum Gasteiger partial charge on any atom is 0.159 e. The second-order valence-corrected chi connectivity index (χ2v) is 5.87. The number of pyridine rings is 1. The van der Waals surface area contributed by atoms with Crippen LogP contribution in [0, 0.1) is 11.6 Å². The van der Waals surface area contributed by atoms with Crippen LogP contribution in [0.4, 0.5) is 8.78 Å². The van der Waals surface area contributed by atoms with E-state index >= 15 is 0 Å². The van der Waals surface area contributed by atoms with Gasteiger partial charge in [0.25, 0.3) is 0 Å². The number of hydrogen-bond acceptors (Lipinski definition) is 2. The summed E-state index contributed by atoms with van der Waals surface area (Å²) in [6.07, 6.45) is 3.46. The summed E-state index contributed by atoms with van der Waals surface area (Å²) in [5.41, 5.74) is 3.66. The Morgan fingerprint density at radius 1 is 0.792 bits per heavy atom. The van der Waals surface area contributed by atoms with Crippen LogP contribution in [0.3, 0.4) is 0 Å². The predicted molar refractivity (Wildman–Crippen MR) is 91.2 cm³/mol. The number of aromatic nitrogens is 1. The highest BCUT2D eigenvalue weighted by Gasteiger charge is 2.07. The number of benzene rings is 2. The Hall–Kier alpha value is -2.59. The van der Waals surface area contributed by atoms with Gasteiger partial charge in [0, 0.05) is 31.0 Å². The van der Waals surface area contributed by atoms with Gasteiger partial charge in [0.15, 0.2) is 11.6 Å². The Morgan fingerprint density at radius 2 is 1.54 bits per heavy atom. The van der Waals surface area contributed by atoms with Crippen molar-refractivity contribution in [1.82, 2.24) is 9.88 Å². The first-order chi connectivity index (χ1) is 11.6. The lowest BCUT2D eigenvalue weighted by Gasteiger charge is -2.17. The minimum absolute atomic E-state index is 0.619. The lowest BCUT2D eigenvalue weighted by molar-refractivity contribution is 0.319. The summed E-state index contributed by atoms with van der Waals surface area (Å²) in [7, 11) is 2.04. The van der Waals surface area contributed by atoms with Gasteiger partial charge in [-0.25, -0.2) is 8.78 Å². The minimum Gasteiger partial charge on any atom is -0.298 e. The Morgan fingerprint density at radius 3 is 2.29 bits per heavy atom. The van der Waals surface area contributed by atoms with E-state index in [0.29, 0.717) is 5.56 Å². The quantitative estimate of drug-likeness (QED) is 0.678. The van der Waals surface area contributed by atoms with Gasteiger partial charge < -0.3 is 0 Å². The number of rotatable bonds is 5. The molecule has 122 valence electrons. The fraction of sp³-hybridized carbons (Fsp3) is 0.150. The van der Waals surface area contributed by atoms with Crippen molar-refractivity contribution in [2.75, 3.05) is 7.05 Å². The van der Waals surface area contributed by atoms with Crippen LogP contribution in [0.1, 0.15) is 11.1 Å². The molecule has 4 heteroatoms. The highest BCUT2D eigenvalue weighted by atomic mass is 19.2. The van der Waals surface area contributed by atoms with Crippen LogP contribution in [0.25, 0.3) is 11.1 Å². The molecule has 2 nitrogen and oxygen atoms in total. The molecule has 24 heavy (non-hydrogen) atoms. The van der Waals surface area contributed by atoms with Crippen LogP contribution in [0.15, 0.2) is 67.0 Å². The van der Waals surface area contributed by atoms with E-state index in [1.54, 1.807) is 18.5 Å². The van der Waals surface area contributed by atoms with Gasteiger partial charge >= 0.3 is 0 Å². The van der Waals surface area contributed by atoms with Crippen LogP contribution >= 0.6 is 0 Å². The normalized spacial score (nSPS) is 11.0. The summed E-state index contributed by atoms with van der Waals surface area (Å²) in [4.78, 5) is 6.41. The van der Waals surface area contributed by atoms with E-state index in [9.17, 15) is 8.78 Å². The first kappa shape index (κ1) is 16.3. The van der Waals surface area contributed by atoms with Crippen molar-refractivity contribution in [3.05, 3.63) is 89.8 Å². The molecular weight excluding hydrogens is 306 g/mol. The van der Waals surface area contributed by atoms with Crippen LogP contribution in [-0.2, 0) is 13.1 Å². The highest BCUT2D eigenvalue weighted by Crippen LogP contribution is 2.22. The summed E-state index contributed by atoms with van der Waals surface area (Å²) in [5.74, 6) is -1.69. The molecule has 3 rings (SSSR count). The third-order valence-corrected chi connectivity index (χ3v) is 3.80. The molecule has 0 aliphatic carbocycles. The molecule has 0 atom stereocenters. The Bertz CT molecular complexity index is 819. The zero-order valence-electron chi connectivity index (χ0n) is 13.4. The SMILES string of the molecule is CN(Cc1ccccc1)Cc1cncc(-c2ccc(F)c(F)c2)c1. The predicted octanol–water partition coefficient (Wildman–Crippen LogP) is 4.66. The summed E-state index contributed by atoms with van der Waals surface area (Å²) >= 11 is 0. The highest BCUT2D eigenvalue weighted by molar-refractivity contribution is 5.63. The lowest BCUT2D eigenvalue weighted by atomic mass is 10.1. The average Bonchev–Trinajstić information content (AvgIpc) is 2.58. The molecule has 0 unspecified atom stereocenters. The molecule has 0 aliphatic rings. The second kappa shape index (κ2) is 7.32. The van der Waals surface area contributed by atoms with Gasteiger partial charge in [0.1, 0.15) is 0 Å². The van der Waals surface area contributed by atoms with Gasteiger partial charge in [0.2, 0.25) is 0 Å². The molecule has 0 radical (unpaired) electrons. The first-order valence-corrected chi connectivity index (χ1v) is 7.73. The van der Waals surface area contributed by atoms with Gasteiger partial charge in [0.05, 0.1) is 0 Å². The van der Waals surface area contributed by atoms with Crippen molar-refractivity contribution in [1.29, 1.82) is 0 Å². The molecule has 2 aromatic carbocycles. The van der Waals surface area contributed by atoms with E-state index in [4.69, 9.17) is 0 Å². The smallest absolute Gasteiger partial charge is 0.159 e. The van der Waals surface area contributed by atoms with Gasteiger partial charge in [-0.15, -0.1) is 0 Å². The van der Waals surface area contributed by atoms with Crippen LogP contribution < -0.4 is 0 Å². The zero-order valence-corrected chi connectivity index (χ0v) is 13.4. The minimum atomic E-state index is -0.848. The van der Waals surface area contributed by atoms with E-state index in [0.717, 1.165) is 30.3 Å². The standard InChI is InChI=1S/C20H18F2N2/c1-24(13-15-5-3-2-4-6-15)14-16-9-18(12-23-11-16)17-7-8-19(21)20(22)10-17/h2-12H,13-14H2,1H3. The zero-order chi connectivity index (χ0) is 16.9. The number of hydrogen-bond donors (Lipinski definition) is 0. The van der Waals surface area contributed by atoms with E-state index in [2.05, 4.69) is 22.0 Å². The van der Waals surface area contributed by atoms with Crippen molar-refractivity contribution in [2.45, 2.75) is 13.1 Å². The van der Waals surface area contributed by atoms with Crippen molar-refractivity contribution in [2.24, 2.45) is 0 Å². The second-order valence-electron chi connectivity index (χ2n) is 5.87. The van der Waals surface area contributed by atoms with E-state index in [-0.39, 0.29) is 0 Å². The maximum atomic E-state index is 13.4. The van der Waals surface area contributed by atoms with Gasteiger partial charge in [-0.05, 0) is 41.9 Å². The Balaban J connectivity index is 1.74. The Kier molecular flexibility index (Phi) is 4.96. The molecule has 0 saturated heterocycles. The maximum absolute atomic E-state index is 13.4. The lowest BCUT2D eigenvalue weighted by Crippen LogP contribution is -2.17. The molecule has 0 saturated carbocycles. The summed E-state index contributed by atoms with van der Waals surface area (Å²) < 4.78 is 26.5. The van der Waals surface area contributed by atoms with Crippen LogP contribution in [-0.4, -0.2) is 16.9 Å². The molecule has 3 aromatic rings. The van der Waals surface area contributed by atoms with E-state index < -0.39 is 11.6 Å². The molecular formula is C20H18F2N2. The summed E-state index contributed by atoms with van der Waals surface area (Å²) in [6, 6.07) is 16.1. The van der Waals surface area contributed by atoms with Crippen LogP contribution in [0.5, 0.6) is 0 Å². The molecule has 0 fully saturated rings. The largest absolute Gasteiger partial charge is 0.298 e. The average molecular weight is 324 g/mol. The van der Waals surface area contributed by atoms with Gasteiger partial charge in [-0.3, -0.25) is 9.88 Å². The third-order valence-electron chi connectivity index (χ3n) is 3.80. The number of halogens is 2. The monoisotopic (exact) mass is 324 g/mol. The molecule has 0 N–H and O–H groups in total. The van der Waals surface area contributed by atoms with Crippen LogP contribution in [0.2, 0.25) is 0 Å². The fourth-order valence-electron chi connectivity index (χ4n) is 2.67.